The molecule has 44 heavy (non-hydrogen) atoms. The summed E-state index contributed by atoms with van der Waals surface area (Å²) < 4.78 is 10.8. The quantitative estimate of drug-likeness (QED) is 0.205. The summed E-state index contributed by atoms with van der Waals surface area (Å²) in [6.07, 6.45) is -1.08. The molecule has 0 unspecified atom stereocenters. The van der Waals surface area contributed by atoms with E-state index in [2.05, 4.69) is 10.3 Å². The monoisotopic (exact) mass is 606 g/mol. The first-order valence-corrected chi connectivity index (χ1v) is 14.8. The maximum atomic E-state index is 13.7. The smallest absolute Gasteiger partial charge is 0.307 e. The Morgan fingerprint density at radius 1 is 0.886 bits per heavy atom. The van der Waals surface area contributed by atoms with Crippen LogP contribution in [0.2, 0.25) is 0 Å². The summed E-state index contributed by atoms with van der Waals surface area (Å²) in [6, 6.07) is 17.3. The first-order chi connectivity index (χ1) is 20.7. The van der Waals surface area contributed by atoms with Crippen LogP contribution >= 0.6 is 0 Å². The molecule has 3 N–H and O–H groups in total. The van der Waals surface area contributed by atoms with Gasteiger partial charge in [0.2, 0.25) is 5.91 Å². The Labute approximate surface area is 257 Å². The number of hydrogen-bond donors (Lipinski definition) is 3. The fourth-order valence-corrected chi connectivity index (χ4v) is 4.81. The number of rotatable bonds is 15. The van der Waals surface area contributed by atoms with Crippen LogP contribution < -0.4 is 5.32 Å². The molecular formula is C34H42N2O8. The van der Waals surface area contributed by atoms with Crippen molar-refractivity contribution in [2.24, 2.45) is 17.8 Å². The number of carbonyl (C=O) groups is 5. The highest BCUT2D eigenvalue weighted by Gasteiger charge is 2.34. The van der Waals surface area contributed by atoms with Gasteiger partial charge in [0.05, 0.1) is 30.7 Å². The van der Waals surface area contributed by atoms with Crippen molar-refractivity contribution in [3.8, 4) is 0 Å². The Balaban J connectivity index is 1.84. The molecule has 0 bridgehead atoms. The zero-order valence-corrected chi connectivity index (χ0v) is 25.9. The fourth-order valence-electron chi connectivity index (χ4n) is 4.81. The number of ketones is 1. The van der Waals surface area contributed by atoms with Gasteiger partial charge in [0.1, 0.15) is 12.2 Å². The predicted octanol–water partition coefficient (Wildman–Crippen LogP) is 4.99. The van der Waals surface area contributed by atoms with Gasteiger partial charge in [-0.15, -0.1) is 0 Å². The van der Waals surface area contributed by atoms with Crippen LogP contribution in [0, 0.1) is 17.8 Å². The van der Waals surface area contributed by atoms with Crippen molar-refractivity contribution in [2.45, 2.75) is 78.6 Å². The summed E-state index contributed by atoms with van der Waals surface area (Å²) >= 11 is 0. The van der Waals surface area contributed by atoms with Gasteiger partial charge in [0, 0.05) is 24.1 Å². The molecule has 10 heteroatoms. The Bertz CT molecular complexity index is 1420. The second-order valence-corrected chi connectivity index (χ2v) is 12.3. The van der Waals surface area contributed by atoms with Crippen molar-refractivity contribution in [3.05, 3.63) is 71.9 Å². The van der Waals surface area contributed by atoms with Gasteiger partial charge in [0.25, 0.3) is 0 Å². The molecule has 10 nitrogen and oxygen atoms in total. The van der Waals surface area contributed by atoms with E-state index >= 15 is 0 Å². The third kappa shape index (κ3) is 10.7. The maximum absolute atomic E-state index is 13.7. The van der Waals surface area contributed by atoms with Gasteiger partial charge in [-0.05, 0) is 49.8 Å². The Morgan fingerprint density at radius 2 is 1.52 bits per heavy atom. The van der Waals surface area contributed by atoms with E-state index in [0.717, 1.165) is 16.5 Å². The van der Waals surface area contributed by atoms with Crippen LogP contribution in [0.5, 0.6) is 0 Å². The number of hydrogen-bond acceptors (Lipinski definition) is 7. The molecule has 0 aliphatic heterocycles. The standard InChI is InChI=1S/C34H42N2O8/c1-21(2)26(33(41)42)19-29(37)28(18-25-15-23-13-9-10-14-27(23)35-25)36-32(40)24(17-31(39)44-34(3,4)5)16-30(38)43-20-22-11-7-6-8-12-22/h6-15,21,24,26,28,35H,16-20H2,1-5H3,(H,36,40)(H,41,42)/t24-,26-,28-/m0/s1. The molecule has 0 fully saturated rings. The van der Waals surface area contributed by atoms with Crippen LogP contribution in [-0.4, -0.2) is 51.3 Å². The molecule has 0 radical (unpaired) electrons. The summed E-state index contributed by atoms with van der Waals surface area (Å²) in [4.78, 5) is 67.9. The van der Waals surface area contributed by atoms with Crippen LogP contribution in [0.4, 0.5) is 0 Å². The van der Waals surface area contributed by atoms with Crippen LogP contribution in [0.25, 0.3) is 10.9 Å². The molecule has 1 aromatic heterocycles. The van der Waals surface area contributed by atoms with E-state index in [1.807, 2.05) is 36.4 Å². The lowest BCUT2D eigenvalue weighted by molar-refractivity contribution is -0.158. The molecule has 3 rings (SSSR count). The number of carbonyl (C=O) groups excluding carboxylic acids is 4. The summed E-state index contributed by atoms with van der Waals surface area (Å²) in [5.41, 5.74) is 1.45. The number of ether oxygens (including phenoxy) is 2. The molecule has 236 valence electrons. The Morgan fingerprint density at radius 3 is 2.14 bits per heavy atom. The van der Waals surface area contributed by atoms with Gasteiger partial charge in [-0.3, -0.25) is 24.0 Å². The highest BCUT2D eigenvalue weighted by Crippen LogP contribution is 2.22. The van der Waals surface area contributed by atoms with E-state index in [4.69, 9.17) is 9.47 Å². The highest BCUT2D eigenvalue weighted by atomic mass is 16.6. The zero-order valence-electron chi connectivity index (χ0n) is 25.9. The molecule has 3 aromatic rings. The number of Topliss-reactive ketones (excluding diaryl/α,β-unsaturated/α-hetero) is 1. The third-order valence-corrected chi connectivity index (χ3v) is 7.12. The number of para-hydroxylation sites is 1. The van der Waals surface area contributed by atoms with Gasteiger partial charge in [-0.25, -0.2) is 0 Å². The molecule has 0 saturated heterocycles. The Hall–Kier alpha value is -4.47. The van der Waals surface area contributed by atoms with E-state index in [1.54, 1.807) is 58.9 Å². The number of amides is 1. The number of carboxylic acids is 1. The molecule has 1 heterocycles. The van der Waals surface area contributed by atoms with Gasteiger partial charge in [-0.1, -0.05) is 62.4 Å². The molecule has 0 aliphatic carbocycles. The molecule has 3 atom stereocenters. The van der Waals surface area contributed by atoms with Crippen LogP contribution in [-0.2, 0) is 46.5 Å². The number of carboxylic acid groups (broad SMARTS) is 1. The topological polar surface area (TPSA) is 152 Å². The largest absolute Gasteiger partial charge is 0.481 e. The first-order valence-electron chi connectivity index (χ1n) is 14.8. The minimum atomic E-state index is -1.19. The number of fused-ring (bicyclic) bond motifs is 1. The van der Waals surface area contributed by atoms with Crippen molar-refractivity contribution in [1.29, 1.82) is 0 Å². The average molecular weight is 607 g/mol. The molecule has 1 amide bonds. The van der Waals surface area contributed by atoms with Crippen LogP contribution in [0.3, 0.4) is 0 Å². The minimum Gasteiger partial charge on any atom is -0.481 e. The van der Waals surface area contributed by atoms with Crippen molar-refractivity contribution >= 4 is 40.5 Å². The fraction of sp³-hybridized carbons (Fsp3) is 0.441. The minimum absolute atomic E-state index is 0.00623. The predicted molar refractivity (Wildman–Crippen MR) is 164 cm³/mol. The normalized spacial score (nSPS) is 13.6. The van der Waals surface area contributed by atoms with Crippen molar-refractivity contribution in [2.75, 3.05) is 0 Å². The van der Waals surface area contributed by atoms with E-state index in [9.17, 15) is 29.1 Å². The molecule has 0 saturated carbocycles. The molecule has 0 aliphatic rings. The number of nitrogens with one attached hydrogen (secondary N) is 2. The number of esters is 2. The van der Waals surface area contributed by atoms with Crippen LogP contribution in [0.15, 0.2) is 60.7 Å². The zero-order chi connectivity index (χ0) is 32.4. The molecular weight excluding hydrogens is 564 g/mol. The van der Waals surface area contributed by atoms with Crippen molar-refractivity contribution in [3.63, 3.8) is 0 Å². The van der Waals surface area contributed by atoms with Gasteiger partial charge in [-0.2, -0.15) is 0 Å². The van der Waals surface area contributed by atoms with Crippen molar-refractivity contribution < 1.29 is 38.6 Å². The van der Waals surface area contributed by atoms with E-state index in [1.165, 1.54) is 0 Å². The number of H-pyrrole nitrogens is 1. The lowest BCUT2D eigenvalue weighted by Crippen LogP contribution is -2.47. The molecule has 2 aromatic carbocycles. The summed E-state index contributed by atoms with van der Waals surface area (Å²) in [7, 11) is 0. The number of aromatic amines is 1. The number of aromatic nitrogens is 1. The van der Waals surface area contributed by atoms with Crippen molar-refractivity contribution in [1.82, 2.24) is 10.3 Å². The van der Waals surface area contributed by atoms with E-state index in [0.29, 0.717) is 5.69 Å². The summed E-state index contributed by atoms with van der Waals surface area (Å²) in [5, 5.41) is 13.3. The number of aliphatic carboxylic acids is 1. The van der Waals surface area contributed by atoms with E-state index < -0.39 is 65.9 Å². The second-order valence-electron chi connectivity index (χ2n) is 12.3. The summed E-state index contributed by atoms with van der Waals surface area (Å²) in [6.45, 7) is 8.50. The van der Waals surface area contributed by atoms with Gasteiger partial charge < -0.3 is 24.9 Å². The summed E-state index contributed by atoms with van der Waals surface area (Å²) in [5.74, 6) is -6.12. The lowest BCUT2D eigenvalue weighted by atomic mass is 9.88. The Kier molecular flexibility index (Phi) is 11.8. The molecule has 0 spiro atoms. The second kappa shape index (κ2) is 15.3. The third-order valence-electron chi connectivity index (χ3n) is 7.12. The van der Waals surface area contributed by atoms with Gasteiger partial charge in [0.15, 0.2) is 5.78 Å². The van der Waals surface area contributed by atoms with E-state index in [-0.39, 0.29) is 25.4 Å². The average Bonchev–Trinajstić information content (AvgIpc) is 3.35. The van der Waals surface area contributed by atoms with Crippen LogP contribution in [0.1, 0.15) is 65.1 Å². The maximum Gasteiger partial charge on any atom is 0.307 e. The SMILES string of the molecule is CC(C)[C@H](CC(=O)[C@H](Cc1cc2ccccc2[nH]1)NC(=O)[C@@H](CC(=O)OCc1ccccc1)CC(=O)OC(C)(C)C)C(=O)O. The number of benzene rings is 2. The highest BCUT2D eigenvalue weighted by molar-refractivity contribution is 5.94. The first kappa shape index (κ1) is 34.0. The van der Waals surface area contributed by atoms with Gasteiger partial charge >= 0.3 is 17.9 Å². The lowest BCUT2D eigenvalue weighted by Gasteiger charge is -2.25.